The molecular formula is C14H23N3. The molecule has 3 heteroatoms. The van der Waals surface area contributed by atoms with Gasteiger partial charge in [-0.3, -0.25) is 0 Å². The summed E-state index contributed by atoms with van der Waals surface area (Å²) >= 11 is 0. The minimum Gasteiger partial charge on any atom is -0.376 e. The van der Waals surface area contributed by atoms with Gasteiger partial charge >= 0.3 is 0 Å². The Morgan fingerprint density at radius 1 is 1.24 bits per heavy atom. The highest BCUT2D eigenvalue weighted by molar-refractivity contribution is 5.70. The number of para-hydroxylation sites is 2. The van der Waals surface area contributed by atoms with E-state index < -0.39 is 0 Å². The predicted octanol–water partition coefficient (Wildman–Crippen LogP) is 1.94. The van der Waals surface area contributed by atoms with Crippen LogP contribution >= 0.6 is 0 Å². The summed E-state index contributed by atoms with van der Waals surface area (Å²) in [6.07, 6.45) is 1.21. The molecule has 1 aliphatic rings. The Morgan fingerprint density at radius 2 is 2.00 bits per heavy atom. The molecule has 2 rings (SSSR count). The van der Waals surface area contributed by atoms with Crippen molar-refractivity contribution in [3.8, 4) is 0 Å². The maximum absolute atomic E-state index is 3.54. The largest absolute Gasteiger partial charge is 0.376 e. The van der Waals surface area contributed by atoms with Crippen molar-refractivity contribution in [2.24, 2.45) is 0 Å². The molecule has 17 heavy (non-hydrogen) atoms. The van der Waals surface area contributed by atoms with E-state index in [1.54, 1.807) is 0 Å². The summed E-state index contributed by atoms with van der Waals surface area (Å²) in [6.45, 7) is 5.57. The average molecular weight is 233 g/mol. The Kier molecular flexibility index (Phi) is 3.89. The standard InChI is InChI=1S/C14H23N3/c1-12-8-10-17(11-9-15-12)14-7-5-4-6-13(14)16(2)3/h4-7,12,15H,8-11H2,1-3H3. The van der Waals surface area contributed by atoms with E-state index in [1.165, 1.54) is 17.8 Å². The molecule has 1 heterocycles. The molecule has 3 nitrogen and oxygen atoms in total. The Bertz CT molecular complexity index is 362. The third-order valence-corrected chi connectivity index (χ3v) is 3.41. The van der Waals surface area contributed by atoms with Crippen molar-refractivity contribution in [3.05, 3.63) is 24.3 Å². The van der Waals surface area contributed by atoms with Gasteiger partial charge in [0.2, 0.25) is 0 Å². The van der Waals surface area contributed by atoms with Crippen molar-refractivity contribution in [2.45, 2.75) is 19.4 Å². The molecule has 1 unspecified atom stereocenters. The summed E-state index contributed by atoms with van der Waals surface area (Å²) in [5, 5.41) is 3.54. The van der Waals surface area contributed by atoms with Crippen LogP contribution < -0.4 is 15.1 Å². The lowest BCUT2D eigenvalue weighted by molar-refractivity contribution is 0.566. The average Bonchev–Trinajstić information content (AvgIpc) is 2.54. The molecule has 0 bridgehead atoms. The number of rotatable bonds is 2. The van der Waals surface area contributed by atoms with Gasteiger partial charge < -0.3 is 15.1 Å². The minimum absolute atomic E-state index is 0.631. The molecule has 0 aromatic heterocycles. The van der Waals surface area contributed by atoms with Crippen molar-refractivity contribution in [2.75, 3.05) is 43.5 Å². The second kappa shape index (κ2) is 5.41. The maximum atomic E-state index is 3.54. The van der Waals surface area contributed by atoms with Gasteiger partial charge in [0.05, 0.1) is 11.4 Å². The van der Waals surface area contributed by atoms with Crippen LogP contribution in [0.3, 0.4) is 0 Å². The summed E-state index contributed by atoms with van der Waals surface area (Å²) < 4.78 is 0. The van der Waals surface area contributed by atoms with Gasteiger partial charge in [-0.05, 0) is 25.5 Å². The maximum Gasteiger partial charge on any atom is 0.0604 e. The molecule has 0 aliphatic carbocycles. The molecule has 1 atom stereocenters. The number of nitrogens with one attached hydrogen (secondary N) is 1. The zero-order valence-corrected chi connectivity index (χ0v) is 11.1. The van der Waals surface area contributed by atoms with Crippen LogP contribution in [0.4, 0.5) is 11.4 Å². The van der Waals surface area contributed by atoms with Gasteiger partial charge in [0.1, 0.15) is 0 Å². The lowest BCUT2D eigenvalue weighted by Crippen LogP contribution is -2.30. The molecule has 0 radical (unpaired) electrons. The Hall–Kier alpha value is -1.22. The fraction of sp³-hybridized carbons (Fsp3) is 0.571. The van der Waals surface area contributed by atoms with Crippen molar-refractivity contribution in [3.63, 3.8) is 0 Å². The van der Waals surface area contributed by atoms with Crippen LogP contribution in [0.25, 0.3) is 0 Å². The van der Waals surface area contributed by atoms with Crippen LogP contribution in [-0.4, -0.2) is 39.8 Å². The molecule has 1 saturated heterocycles. The number of hydrogen-bond donors (Lipinski definition) is 1. The number of anilines is 2. The van der Waals surface area contributed by atoms with Crippen molar-refractivity contribution >= 4 is 11.4 Å². The van der Waals surface area contributed by atoms with Crippen LogP contribution in [0, 0.1) is 0 Å². The van der Waals surface area contributed by atoms with Gasteiger partial charge in [0, 0.05) is 39.8 Å². The number of nitrogens with zero attached hydrogens (tertiary/aromatic N) is 2. The van der Waals surface area contributed by atoms with E-state index in [-0.39, 0.29) is 0 Å². The fourth-order valence-corrected chi connectivity index (χ4v) is 2.36. The van der Waals surface area contributed by atoms with Gasteiger partial charge in [-0.15, -0.1) is 0 Å². The van der Waals surface area contributed by atoms with Crippen molar-refractivity contribution in [1.29, 1.82) is 0 Å². The number of hydrogen-bond acceptors (Lipinski definition) is 3. The van der Waals surface area contributed by atoms with Gasteiger partial charge in [0.15, 0.2) is 0 Å². The molecular weight excluding hydrogens is 210 g/mol. The van der Waals surface area contributed by atoms with E-state index in [2.05, 4.69) is 60.4 Å². The first-order chi connectivity index (χ1) is 8.18. The molecule has 0 saturated carbocycles. The Balaban J connectivity index is 2.21. The highest BCUT2D eigenvalue weighted by atomic mass is 15.2. The fourth-order valence-electron chi connectivity index (χ4n) is 2.36. The molecule has 0 spiro atoms. The predicted molar refractivity (Wildman–Crippen MR) is 75.1 cm³/mol. The molecule has 1 N–H and O–H groups in total. The topological polar surface area (TPSA) is 18.5 Å². The van der Waals surface area contributed by atoms with Crippen molar-refractivity contribution < 1.29 is 0 Å². The second-order valence-electron chi connectivity index (χ2n) is 5.01. The third kappa shape index (κ3) is 2.91. The van der Waals surface area contributed by atoms with Crippen LogP contribution in [0.2, 0.25) is 0 Å². The molecule has 94 valence electrons. The van der Waals surface area contributed by atoms with Crippen molar-refractivity contribution in [1.82, 2.24) is 5.32 Å². The van der Waals surface area contributed by atoms with E-state index >= 15 is 0 Å². The zero-order valence-electron chi connectivity index (χ0n) is 11.1. The van der Waals surface area contributed by atoms with Crippen LogP contribution in [0.5, 0.6) is 0 Å². The smallest absolute Gasteiger partial charge is 0.0604 e. The second-order valence-corrected chi connectivity index (χ2v) is 5.01. The molecule has 1 aromatic rings. The number of benzene rings is 1. The summed E-state index contributed by atoms with van der Waals surface area (Å²) in [6, 6.07) is 9.29. The molecule has 1 fully saturated rings. The van der Waals surface area contributed by atoms with Gasteiger partial charge in [-0.1, -0.05) is 12.1 Å². The van der Waals surface area contributed by atoms with Crippen LogP contribution in [-0.2, 0) is 0 Å². The zero-order chi connectivity index (χ0) is 12.3. The monoisotopic (exact) mass is 233 g/mol. The van der Waals surface area contributed by atoms with Gasteiger partial charge in [-0.25, -0.2) is 0 Å². The summed E-state index contributed by atoms with van der Waals surface area (Å²) in [5.41, 5.74) is 2.66. The first kappa shape index (κ1) is 12.2. The van der Waals surface area contributed by atoms with E-state index in [0.717, 1.165) is 19.6 Å². The minimum atomic E-state index is 0.631. The quantitative estimate of drug-likeness (QED) is 0.842. The molecule has 0 amide bonds. The first-order valence-electron chi connectivity index (χ1n) is 6.43. The van der Waals surface area contributed by atoms with E-state index in [1.807, 2.05) is 0 Å². The highest BCUT2D eigenvalue weighted by Crippen LogP contribution is 2.28. The van der Waals surface area contributed by atoms with E-state index in [9.17, 15) is 0 Å². The highest BCUT2D eigenvalue weighted by Gasteiger charge is 2.16. The summed E-state index contributed by atoms with van der Waals surface area (Å²) in [4.78, 5) is 4.68. The van der Waals surface area contributed by atoms with E-state index in [0.29, 0.717) is 6.04 Å². The lowest BCUT2D eigenvalue weighted by atomic mass is 10.2. The first-order valence-corrected chi connectivity index (χ1v) is 6.43. The third-order valence-electron chi connectivity index (χ3n) is 3.41. The molecule has 1 aliphatic heterocycles. The van der Waals surface area contributed by atoms with Gasteiger partial charge in [0.25, 0.3) is 0 Å². The lowest BCUT2D eigenvalue weighted by Gasteiger charge is -2.27. The Labute approximate surface area is 104 Å². The molecule has 1 aromatic carbocycles. The SMILES string of the molecule is CC1CCN(c2ccccc2N(C)C)CCN1. The normalized spacial score (nSPS) is 21.1. The summed E-state index contributed by atoms with van der Waals surface area (Å²) in [5.74, 6) is 0. The Morgan fingerprint density at radius 3 is 2.76 bits per heavy atom. The van der Waals surface area contributed by atoms with Gasteiger partial charge in [-0.2, -0.15) is 0 Å². The van der Waals surface area contributed by atoms with Crippen LogP contribution in [0.15, 0.2) is 24.3 Å². The van der Waals surface area contributed by atoms with Crippen LogP contribution in [0.1, 0.15) is 13.3 Å². The summed E-state index contributed by atoms with van der Waals surface area (Å²) in [7, 11) is 4.22. The van der Waals surface area contributed by atoms with E-state index in [4.69, 9.17) is 0 Å².